The van der Waals surface area contributed by atoms with Gasteiger partial charge in [-0.2, -0.15) is 0 Å². The number of para-hydroxylation sites is 1. The van der Waals surface area contributed by atoms with E-state index < -0.39 is 0 Å². The number of rotatable bonds is 3. The van der Waals surface area contributed by atoms with Crippen molar-refractivity contribution in [2.45, 2.75) is 19.1 Å². The minimum atomic E-state index is -0.00303. The predicted octanol–water partition coefficient (Wildman–Crippen LogP) is 2.11. The molecule has 1 aliphatic rings. The lowest BCUT2D eigenvalue weighted by atomic mass is 10.00. The van der Waals surface area contributed by atoms with Gasteiger partial charge in [-0.1, -0.05) is 24.3 Å². The average Bonchev–Trinajstić information content (AvgIpc) is 2.34. The Morgan fingerprint density at radius 3 is 2.88 bits per heavy atom. The number of fused-ring (bicyclic) bond motifs is 1. The van der Waals surface area contributed by atoms with Crippen molar-refractivity contribution < 1.29 is 4.74 Å². The van der Waals surface area contributed by atoms with E-state index in [1.165, 1.54) is 5.39 Å². The van der Waals surface area contributed by atoms with Crippen LogP contribution in [-0.2, 0) is 11.3 Å². The number of hydrogen-bond acceptors (Lipinski definition) is 3. The maximum Gasteiger partial charge on any atom is 0.0906 e. The monoisotopic (exact) mass is 228 g/mol. The van der Waals surface area contributed by atoms with Gasteiger partial charge in [-0.05, 0) is 13.0 Å². The lowest BCUT2D eigenvalue weighted by Crippen LogP contribution is -2.58. The molecule has 2 heterocycles. The molecule has 0 spiro atoms. The Bertz CT molecular complexity index is 529. The van der Waals surface area contributed by atoms with E-state index in [-0.39, 0.29) is 5.60 Å². The number of nitrogens with zero attached hydrogens (tertiary/aromatic N) is 1. The summed E-state index contributed by atoms with van der Waals surface area (Å²) < 4.78 is 5.96. The minimum absolute atomic E-state index is 0.00303. The van der Waals surface area contributed by atoms with Crippen molar-refractivity contribution in [3.63, 3.8) is 0 Å². The number of ether oxygens (including phenoxy) is 1. The van der Waals surface area contributed by atoms with Crippen LogP contribution in [0.15, 0.2) is 36.5 Å². The maximum atomic E-state index is 5.96. The minimum Gasteiger partial charge on any atom is -0.368 e. The van der Waals surface area contributed by atoms with Crippen molar-refractivity contribution in [1.82, 2.24) is 10.3 Å². The van der Waals surface area contributed by atoms with Crippen LogP contribution in [0.3, 0.4) is 0 Å². The van der Waals surface area contributed by atoms with Crippen molar-refractivity contribution in [2.75, 3.05) is 13.1 Å². The van der Waals surface area contributed by atoms with E-state index in [0.29, 0.717) is 6.61 Å². The summed E-state index contributed by atoms with van der Waals surface area (Å²) in [4.78, 5) is 4.43. The summed E-state index contributed by atoms with van der Waals surface area (Å²) in [6, 6.07) is 10.3. The summed E-state index contributed by atoms with van der Waals surface area (Å²) in [6.07, 6.45) is 1.83. The summed E-state index contributed by atoms with van der Waals surface area (Å²) in [5.41, 5.74) is 2.21. The van der Waals surface area contributed by atoms with E-state index in [2.05, 4.69) is 41.5 Å². The van der Waals surface area contributed by atoms with Crippen LogP contribution in [0.2, 0.25) is 0 Å². The SMILES string of the molecule is CC1(OCc2cccc3cccnc23)CNC1. The highest BCUT2D eigenvalue weighted by Gasteiger charge is 2.32. The second-order valence-electron chi connectivity index (χ2n) is 4.83. The van der Waals surface area contributed by atoms with E-state index in [0.717, 1.165) is 24.2 Å². The maximum absolute atomic E-state index is 5.96. The number of nitrogens with one attached hydrogen (secondary N) is 1. The van der Waals surface area contributed by atoms with Gasteiger partial charge in [0.1, 0.15) is 0 Å². The topological polar surface area (TPSA) is 34.1 Å². The molecule has 0 unspecified atom stereocenters. The molecule has 1 aliphatic heterocycles. The van der Waals surface area contributed by atoms with Crippen LogP contribution < -0.4 is 5.32 Å². The average molecular weight is 228 g/mol. The molecule has 1 aromatic heterocycles. The molecule has 1 aromatic carbocycles. The molecular formula is C14H16N2O. The highest BCUT2D eigenvalue weighted by atomic mass is 16.5. The van der Waals surface area contributed by atoms with Gasteiger partial charge in [-0.3, -0.25) is 4.98 Å². The quantitative estimate of drug-likeness (QED) is 0.873. The second kappa shape index (κ2) is 4.09. The molecule has 0 radical (unpaired) electrons. The Kier molecular flexibility index (Phi) is 2.57. The molecule has 3 heteroatoms. The zero-order valence-electron chi connectivity index (χ0n) is 9.94. The van der Waals surface area contributed by atoms with Crippen LogP contribution in [0, 0.1) is 0 Å². The van der Waals surface area contributed by atoms with Crippen molar-refractivity contribution in [3.8, 4) is 0 Å². The van der Waals surface area contributed by atoms with E-state index in [9.17, 15) is 0 Å². The highest BCUT2D eigenvalue weighted by Crippen LogP contribution is 2.21. The molecule has 0 saturated carbocycles. The Hall–Kier alpha value is -1.45. The van der Waals surface area contributed by atoms with Crippen molar-refractivity contribution in [1.29, 1.82) is 0 Å². The number of pyridine rings is 1. The van der Waals surface area contributed by atoms with E-state index >= 15 is 0 Å². The van der Waals surface area contributed by atoms with E-state index in [1.807, 2.05) is 12.3 Å². The fraction of sp³-hybridized carbons (Fsp3) is 0.357. The second-order valence-corrected chi connectivity index (χ2v) is 4.83. The first kappa shape index (κ1) is 10.7. The molecule has 17 heavy (non-hydrogen) atoms. The fourth-order valence-corrected chi connectivity index (χ4v) is 2.11. The summed E-state index contributed by atoms with van der Waals surface area (Å²) in [6.45, 7) is 4.64. The van der Waals surface area contributed by atoms with Crippen LogP contribution in [0.1, 0.15) is 12.5 Å². The molecule has 3 rings (SSSR count). The molecule has 1 fully saturated rings. The van der Waals surface area contributed by atoms with Crippen LogP contribution in [0.25, 0.3) is 10.9 Å². The first-order valence-electron chi connectivity index (χ1n) is 5.94. The predicted molar refractivity (Wildman–Crippen MR) is 67.8 cm³/mol. The molecule has 3 nitrogen and oxygen atoms in total. The van der Waals surface area contributed by atoms with Gasteiger partial charge in [0.15, 0.2) is 0 Å². The Balaban J connectivity index is 1.85. The van der Waals surface area contributed by atoms with Crippen molar-refractivity contribution in [2.24, 2.45) is 0 Å². The standard InChI is InChI=1S/C14H16N2O/c1-14(9-15-10-14)17-8-12-5-2-4-11-6-3-7-16-13(11)12/h2-7,15H,8-10H2,1H3. The zero-order chi connectivity index (χ0) is 11.7. The third-order valence-corrected chi connectivity index (χ3v) is 3.29. The van der Waals surface area contributed by atoms with Gasteiger partial charge >= 0.3 is 0 Å². The molecule has 1 saturated heterocycles. The van der Waals surface area contributed by atoms with Crippen LogP contribution in [0.4, 0.5) is 0 Å². The van der Waals surface area contributed by atoms with Crippen molar-refractivity contribution in [3.05, 3.63) is 42.1 Å². The lowest BCUT2D eigenvalue weighted by molar-refractivity contribution is -0.0763. The van der Waals surface area contributed by atoms with E-state index in [4.69, 9.17) is 4.74 Å². The lowest BCUT2D eigenvalue weighted by Gasteiger charge is -2.39. The summed E-state index contributed by atoms with van der Waals surface area (Å²) >= 11 is 0. The third-order valence-electron chi connectivity index (χ3n) is 3.29. The van der Waals surface area contributed by atoms with Gasteiger partial charge in [-0.15, -0.1) is 0 Å². The summed E-state index contributed by atoms with van der Waals surface area (Å²) in [5.74, 6) is 0. The molecule has 0 atom stereocenters. The van der Waals surface area contributed by atoms with Crippen LogP contribution in [0.5, 0.6) is 0 Å². The van der Waals surface area contributed by atoms with Gasteiger partial charge in [0.05, 0.1) is 17.7 Å². The highest BCUT2D eigenvalue weighted by molar-refractivity contribution is 5.81. The summed E-state index contributed by atoms with van der Waals surface area (Å²) in [5, 5.41) is 4.41. The number of benzene rings is 1. The van der Waals surface area contributed by atoms with Crippen molar-refractivity contribution >= 4 is 10.9 Å². The largest absolute Gasteiger partial charge is 0.368 e. The third kappa shape index (κ3) is 2.04. The van der Waals surface area contributed by atoms with Gasteiger partial charge in [0.2, 0.25) is 0 Å². The normalized spacial score (nSPS) is 17.9. The Morgan fingerprint density at radius 2 is 2.12 bits per heavy atom. The van der Waals surface area contributed by atoms with Crippen LogP contribution >= 0.6 is 0 Å². The Labute approximate surface area is 101 Å². The number of aromatic nitrogens is 1. The molecule has 2 aromatic rings. The van der Waals surface area contributed by atoms with Crippen LogP contribution in [-0.4, -0.2) is 23.7 Å². The fourth-order valence-electron chi connectivity index (χ4n) is 2.11. The Morgan fingerprint density at radius 1 is 1.29 bits per heavy atom. The van der Waals surface area contributed by atoms with Gasteiger partial charge < -0.3 is 10.1 Å². The molecule has 0 aliphatic carbocycles. The smallest absolute Gasteiger partial charge is 0.0906 e. The molecular weight excluding hydrogens is 212 g/mol. The molecule has 0 amide bonds. The van der Waals surface area contributed by atoms with Gasteiger partial charge in [-0.25, -0.2) is 0 Å². The first-order chi connectivity index (χ1) is 8.27. The van der Waals surface area contributed by atoms with Gasteiger partial charge in [0.25, 0.3) is 0 Å². The zero-order valence-corrected chi connectivity index (χ0v) is 9.94. The van der Waals surface area contributed by atoms with E-state index in [1.54, 1.807) is 0 Å². The molecule has 88 valence electrons. The van der Waals surface area contributed by atoms with Gasteiger partial charge in [0, 0.05) is 30.2 Å². The molecule has 0 bridgehead atoms. The first-order valence-corrected chi connectivity index (χ1v) is 5.94. The summed E-state index contributed by atoms with van der Waals surface area (Å²) in [7, 11) is 0. The number of hydrogen-bond donors (Lipinski definition) is 1. The molecule has 1 N–H and O–H groups in total.